The Hall–Kier alpha value is -5.42. The van der Waals surface area contributed by atoms with Crippen LogP contribution in [0.3, 0.4) is 0 Å². The highest BCUT2D eigenvalue weighted by atomic mass is 32.2. The van der Waals surface area contributed by atoms with Gasteiger partial charge in [0.1, 0.15) is 36.0 Å². The molecule has 3 aromatic rings. The Morgan fingerprint density at radius 3 is 1.79 bits per heavy atom. The first-order valence-electron chi connectivity index (χ1n) is 18.9. The summed E-state index contributed by atoms with van der Waals surface area (Å²) in [6, 6.07) is 8.17. The number of phenolic OH excluding ortho intramolecular Hbond substituents is 1. The maximum Gasteiger partial charge on any atom is 0.326 e. The molecule has 0 saturated carbocycles. The number of amides is 5. The molecular weight excluding hydrogens is 753 g/mol. The number of hydrogen-bond donors (Lipinski definition) is 9. The summed E-state index contributed by atoms with van der Waals surface area (Å²) in [5.74, 6) is -4.58. The summed E-state index contributed by atoms with van der Waals surface area (Å²) in [7, 11) is 0. The van der Waals surface area contributed by atoms with Gasteiger partial charge in [0, 0.05) is 31.2 Å². The van der Waals surface area contributed by atoms with Crippen LogP contribution < -0.4 is 32.3 Å². The molecule has 0 bridgehead atoms. The fraction of sp³-hybridized carbons (Fsp3) is 0.475. The van der Waals surface area contributed by atoms with Gasteiger partial charge in [0.2, 0.25) is 29.5 Å². The second-order valence-corrected chi connectivity index (χ2v) is 15.7. The number of H-pyrrole nitrogens is 1. The van der Waals surface area contributed by atoms with Crippen molar-refractivity contribution >= 4 is 47.3 Å². The van der Waals surface area contributed by atoms with E-state index < -0.39 is 77.7 Å². The molecule has 0 spiro atoms. The number of aromatic hydroxyl groups is 1. The Morgan fingerprint density at radius 1 is 0.719 bits per heavy atom. The molecule has 1 heterocycles. The normalized spacial score (nSPS) is 14.4. The molecular formula is C40H56N8O8S. The number of nitrogens with one attached hydrogen (secondary N) is 6. The first kappa shape index (κ1) is 46.0. The highest BCUT2D eigenvalue weighted by Crippen LogP contribution is 2.14. The summed E-state index contributed by atoms with van der Waals surface area (Å²) in [5, 5.41) is 33.1. The standard InChI is InChI=1S/C40H56N8O8S/c1-23(2)17-31(38(53)48-34(24(3)4)39(54)44-30(40(55)56)15-16-57-5)46-37(52)33(19-26-11-13-28(49)14-12-26)47-36(51)32(18-25-9-7-6-8-10-25)45-35(50)29(41)20-27-21-42-22-43-27/h6-14,21-24,29-34,49H,15-20,41H2,1-5H3,(H,42,43)(H,44,54)(H,45,50)(H,46,52)(H,47,51)(H,48,53)(H,55,56)/t29-,30-,31-,32-,33-,34-/m0/s1. The van der Waals surface area contributed by atoms with Crippen LogP contribution in [-0.2, 0) is 48.0 Å². The summed E-state index contributed by atoms with van der Waals surface area (Å²) >= 11 is 1.44. The third kappa shape index (κ3) is 15.6. The highest BCUT2D eigenvalue weighted by Gasteiger charge is 2.34. The molecule has 0 saturated heterocycles. The Labute approximate surface area is 337 Å². The maximum absolute atomic E-state index is 14.2. The van der Waals surface area contributed by atoms with Gasteiger partial charge in [-0.2, -0.15) is 11.8 Å². The van der Waals surface area contributed by atoms with Gasteiger partial charge in [-0.1, -0.05) is 70.2 Å². The number of phenols is 1. The highest BCUT2D eigenvalue weighted by molar-refractivity contribution is 7.98. The van der Waals surface area contributed by atoms with E-state index in [1.807, 2.05) is 26.2 Å². The molecule has 2 aromatic carbocycles. The van der Waals surface area contributed by atoms with Crippen molar-refractivity contribution in [3.05, 3.63) is 83.9 Å². The molecule has 0 unspecified atom stereocenters. The van der Waals surface area contributed by atoms with Gasteiger partial charge in [0.25, 0.3) is 0 Å². The lowest BCUT2D eigenvalue weighted by atomic mass is 9.98. The molecule has 16 nitrogen and oxygen atoms in total. The largest absolute Gasteiger partial charge is 0.508 e. The van der Waals surface area contributed by atoms with Crippen molar-refractivity contribution < 1.29 is 39.0 Å². The number of carbonyl (C=O) groups is 6. The van der Waals surface area contributed by atoms with E-state index in [1.165, 1.54) is 30.2 Å². The number of aromatic amines is 1. The first-order valence-corrected chi connectivity index (χ1v) is 20.3. The molecule has 0 aliphatic rings. The molecule has 310 valence electrons. The molecule has 57 heavy (non-hydrogen) atoms. The van der Waals surface area contributed by atoms with Crippen molar-refractivity contribution in [1.29, 1.82) is 0 Å². The van der Waals surface area contributed by atoms with Crippen molar-refractivity contribution in [2.24, 2.45) is 17.6 Å². The van der Waals surface area contributed by atoms with Crippen LogP contribution in [0.25, 0.3) is 0 Å². The topological polar surface area (TPSA) is 258 Å². The van der Waals surface area contributed by atoms with Crippen LogP contribution in [0.15, 0.2) is 67.1 Å². The zero-order valence-electron chi connectivity index (χ0n) is 33.0. The fourth-order valence-electron chi connectivity index (χ4n) is 5.93. The third-order valence-electron chi connectivity index (χ3n) is 9.07. The molecule has 17 heteroatoms. The molecule has 0 radical (unpaired) electrons. The van der Waals surface area contributed by atoms with E-state index in [1.54, 1.807) is 56.4 Å². The molecule has 0 fully saturated rings. The van der Waals surface area contributed by atoms with Gasteiger partial charge in [-0.05, 0) is 59.9 Å². The number of aromatic nitrogens is 2. The van der Waals surface area contributed by atoms with Crippen molar-refractivity contribution in [3.63, 3.8) is 0 Å². The second-order valence-electron chi connectivity index (χ2n) is 14.7. The number of carbonyl (C=O) groups excluding carboxylic acids is 5. The number of aliphatic carboxylic acids is 1. The molecule has 5 amide bonds. The van der Waals surface area contributed by atoms with Gasteiger partial charge >= 0.3 is 5.97 Å². The zero-order chi connectivity index (χ0) is 42.1. The van der Waals surface area contributed by atoms with E-state index >= 15 is 0 Å². The van der Waals surface area contributed by atoms with Gasteiger partial charge in [0.05, 0.1) is 12.4 Å². The van der Waals surface area contributed by atoms with Crippen molar-refractivity contribution in [1.82, 2.24) is 36.6 Å². The van der Waals surface area contributed by atoms with Gasteiger partial charge in [-0.15, -0.1) is 0 Å². The van der Waals surface area contributed by atoms with E-state index in [4.69, 9.17) is 5.73 Å². The van der Waals surface area contributed by atoms with E-state index in [-0.39, 0.29) is 43.8 Å². The molecule has 0 aliphatic carbocycles. The predicted octanol–water partition coefficient (Wildman–Crippen LogP) is 1.43. The van der Waals surface area contributed by atoms with Gasteiger partial charge in [-0.3, -0.25) is 24.0 Å². The number of benzene rings is 2. The lowest BCUT2D eigenvalue weighted by Crippen LogP contribution is -2.60. The Kier molecular flexibility index (Phi) is 18.5. The smallest absolute Gasteiger partial charge is 0.326 e. The number of hydrogen-bond acceptors (Lipinski definition) is 10. The van der Waals surface area contributed by atoms with E-state index in [2.05, 4.69) is 36.6 Å². The minimum atomic E-state index is -1.27. The number of imidazole rings is 1. The fourth-order valence-corrected chi connectivity index (χ4v) is 6.40. The second kappa shape index (κ2) is 23.0. The van der Waals surface area contributed by atoms with Crippen molar-refractivity contribution in [2.45, 2.75) is 96.1 Å². The quantitative estimate of drug-likeness (QED) is 0.0662. The van der Waals surface area contributed by atoms with Crippen LogP contribution in [-0.4, -0.2) is 104 Å². The number of carboxylic acid groups (broad SMARTS) is 1. The van der Waals surface area contributed by atoms with Crippen LogP contribution in [0.2, 0.25) is 0 Å². The summed E-state index contributed by atoms with van der Waals surface area (Å²) in [5.41, 5.74) is 8.14. The summed E-state index contributed by atoms with van der Waals surface area (Å²) in [6.07, 6.45) is 5.33. The average molecular weight is 809 g/mol. The number of nitrogens with two attached hydrogens (primary N) is 1. The summed E-state index contributed by atoms with van der Waals surface area (Å²) in [6.45, 7) is 7.12. The van der Waals surface area contributed by atoms with Crippen LogP contribution in [0.5, 0.6) is 5.75 Å². The Morgan fingerprint density at radius 2 is 1.26 bits per heavy atom. The zero-order valence-corrected chi connectivity index (χ0v) is 33.8. The van der Waals surface area contributed by atoms with Crippen LogP contribution in [0.4, 0.5) is 0 Å². The van der Waals surface area contributed by atoms with Crippen LogP contribution in [0.1, 0.15) is 57.4 Å². The minimum absolute atomic E-state index is 0.00256. The van der Waals surface area contributed by atoms with E-state index in [9.17, 15) is 39.0 Å². The molecule has 1 aromatic heterocycles. The maximum atomic E-state index is 14.2. The monoisotopic (exact) mass is 808 g/mol. The Bertz CT molecular complexity index is 1760. The third-order valence-corrected chi connectivity index (χ3v) is 9.71. The molecule has 3 rings (SSSR count). The minimum Gasteiger partial charge on any atom is -0.508 e. The van der Waals surface area contributed by atoms with Crippen molar-refractivity contribution in [3.8, 4) is 5.75 Å². The average Bonchev–Trinajstić information content (AvgIpc) is 3.68. The number of nitrogens with zero attached hydrogens (tertiary/aromatic N) is 1. The first-order chi connectivity index (χ1) is 27.1. The van der Waals surface area contributed by atoms with Gasteiger partial charge in [-0.25, -0.2) is 9.78 Å². The Balaban J connectivity index is 1.88. The van der Waals surface area contributed by atoms with Gasteiger partial charge in [0.15, 0.2) is 0 Å². The lowest BCUT2D eigenvalue weighted by molar-refractivity contribution is -0.142. The van der Waals surface area contributed by atoms with Crippen molar-refractivity contribution in [2.75, 3.05) is 12.0 Å². The molecule has 6 atom stereocenters. The predicted molar refractivity (Wildman–Crippen MR) is 217 cm³/mol. The van der Waals surface area contributed by atoms with Crippen LogP contribution >= 0.6 is 11.8 Å². The molecule has 0 aliphatic heterocycles. The van der Waals surface area contributed by atoms with Gasteiger partial charge < -0.3 is 47.5 Å². The lowest BCUT2D eigenvalue weighted by Gasteiger charge is -2.29. The summed E-state index contributed by atoms with van der Waals surface area (Å²) in [4.78, 5) is 87.5. The molecule has 10 N–H and O–H groups in total. The van der Waals surface area contributed by atoms with E-state index in [0.717, 1.165) is 5.56 Å². The SMILES string of the molecule is CSCC[C@H](NC(=O)[C@@H](NC(=O)[C@H](CC(C)C)NC(=O)[C@H](Cc1ccc(O)cc1)NC(=O)[C@H](Cc1ccccc1)NC(=O)[C@@H](N)Cc1cnc[nH]1)C(C)C)C(=O)O. The number of thioether (sulfide) groups is 1. The number of carboxylic acids is 1. The summed E-state index contributed by atoms with van der Waals surface area (Å²) < 4.78 is 0. The number of rotatable bonds is 23. The van der Waals surface area contributed by atoms with E-state index in [0.29, 0.717) is 17.0 Å². The van der Waals surface area contributed by atoms with Crippen LogP contribution in [0, 0.1) is 11.8 Å².